The predicted molar refractivity (Wildman–Crippen MR) is 82.8 cm³/mol. The van der Waals surface area contributed by atoms with Gasteiger partial charge >= 0.3 is 0 Å². The second-order valence-corrected chi connectivity index (χ2v) is 7.51. The van der Waals surface area contributed by atoms with Crippen LogP contribution in [0.3, 0.4) is 0 Å². The molecule has 114 valence electrons. The molecule has 0 unspecified atom stereocenters. The van der Waals surface area contributed by atoms with E-state index in [1.807, 2.05) is 6.92 Å². The van der Waals surface area contributed by atoms with Crippen LogP contribution in [0.1, 0.15) is 31.2 Å². The van der Waals surface area contributed by atoms with Gasteiger partial charge in [0.05, 0.1) is 4.90 Å². The first-order chi connectivity index (χ1) is 10.0. The van der Waals surface area contributed by atoms with Crippen LogP contribution in [0.4, 0.5) is 0 Å². The van der Waals surface area contributed by atoms with Crippen molar-refractivity contribution in [3.63, 3.8) is 0 Å². The summed E-state index contributed by atoms with van der Waals surface area (Å²) in [6.07, 6.45) is 4.33. The minimum absolute atomic E-state index is 0.257. The summed E-state index contributed by atoms with van der Waals surface area (Å²) in [6, 6.07) is 7.56. The van der Waals surface area contributed by atoms with Gasteiger partial charge in [-0.2, -0.15) is 13.5 Å². The standard InChI is InChI=1S/C15H21N3O2S/c1-12-2-6-15(7-3-12)21(19,20)17-16-13-8-10-18(11-9-13)14-4-5-14/h2-3,6-7,14,17H,4-5,8-11H2,1H3. The average molecular weight is 307 g/mol. The van der Waals surface area contributed by atoms with E-state index in [0.717, 1.165) is 43.2 Å². The largest absolute Gasteiger partial charge is 0.300 e. The lowest BCUT2D eigenvalue weighted by Crippen LogP contribution is -2.36. The maximum Gasteiger partial charge on any atom is 0.276 e. The summed E-state index contributed by atoms with van der Waals surface area (Å²) in [5, 5.41) is 4.12. The van der Waals surface area contributed by atoms with Crippen molar-refractivity contribution < 1.29 is 8.42 Å². The molecule has 3 rings (SSSR count). The Hall–Kier alpha value is -1.40. The van der Waals surface area contributed by atoms with Crippen LogP contribution in [0.5, 0.6) is 0 Å². The van der Waals surface area contributed by atoms with Crippen molar-refractivity contribution in [3.8, 4) is 0 Å². The van der Waals surface area contributed by atoms with Crippen LogP contribution in [0, 0.1) is 6.92 Å². The quantitative estimate of drug-likeness (QED) is 0.864. The number of piperidine rings is 1. The van der Waals surface area contributed by atoms with Gasteiger partial charge in [-0.25, -0.2) is 4.83 Å². The van der Waals surface area contributed by atoms with Crippen molar-refractivity contribution in [2.75, 3.05) is 13.1 Å². The second kappa shape index (κ2) is 5.77. The average Bonchev–Trinajstić information content (AvgIpc) is 3.31. The van der Waals surface area contributed by atoms with Gasteiger partial charge in [0.1, 0.15) is 0 Å². The van der Waals surface area contributed by atoms with E-state index < -0.39 is 10.0 Å². The lowest BCUT2D eigenvalue weighted by Gasteiger charge is -2.27. The minimum Gasteiger partial charge on any atom is -0.300 e. The SMILES string of the molecule is Cc1ccc(S(=O)(=O)NN=C2CCN(C3CC3)CC2)cc1. The van der Waals surface area contributed by atoms with Crippen LogP contribution in [0.25, 0.3) is 0 Å². The van der Waals surface area contributed by atoms with Gasteiger partial charge in [0.15, 0.2) is 0 Å². The highest BCUT2D eigenvalue weighted by molar-refractivity contribution is 7.89. The summed E-state index contributed by atoms with van der Waals surface area (Å²) in [4.78, 5) is 5.10. The molecular weight excluding hydrogens is 286 g/mol. The van der Waals surface area contributed by atoms with Crippen molar-refractivity contribution in [2.45, 2.75) is 43.5 Å². The van der Waals surface area contributed by atoms with E-state index in [1.54, 1.807) is 24.3 Å². The van der Waals surface area contributed by atoms with Gasteiger partial charge < -0.3 is 0 Å². The summed E-state index contributed by atoms with van der Waals surface area (Å²) in [5.41, 5.74) is 1.98. The number of likely N-dealkylation sites (tertiary alicyclic amines) is 1. The van der Waals surface area contributed by atoms with E-state index in [0.29, 0.717) is 0 Å². The van der Waals surface area contributed by atoms with E-state index in [1.165, 1.54) is 12.8 Å². The molecule has 1 aromatic rings. The third-order valence-corrected chi connectivity index (χ3v) is 5.32. The Bertz CT molecular complexity index is 623. The third-order valence-electron chi connectivity index (χ3n) is 4.09. The Morgan fingerprint density at radius 3 is 2.33 bits per heavy atom. The van der Waals surface area contributed by atoms with Crippen molar-refractivity contribution in [3.05, 3.63) is 29.8 Å². The molecule has 5 nitrogen and oxygen atoms in total. The smallest absolute Gasteiger partial charge is 0.276 e. The molecule has 1 saturated heterocycles. The lowest BCUT2D eigenvalue weighted by atomic mass is 10.1. The van der Waals surface area contributed by atoms with E-state index >= 15 is 0 Å². The number of hydrazone groups is 1. The predicted octanol–water partition coefficient (Wildman–Crippen LogP) is 1.89. The summed E-state index contributed by atoms with van der Waals surface area (Å²) in [6.45, 7) is 3.92. The fourth-order valence-electron chi connectivity index (χ4n) is 2.59. The highest BCUT2D eigenvalue weighted by Gasteiger charge is 2.30. The van der Waals surface area contributed by atoms with Crippen molar-refractivity contribution in [1.29, 1.82) is 0 Å². The Kier molecular flexibility index (Phi) is 3.99. The first-order valence-electron chi connectivity index (χ1n) is 7.42. The van der Waals surface area contributed by atoms with Crippen LogP contribution in [0.15, 0.2) is 34.3 Å². The van der Waals surface area contributed by atoms with Gasteiger partial charge in [-0.1, -0.05) is 17.7 Å². The number of rotatable bonds is 4. The van der Waals surface area contributed by atoms with Gasteiger partial charge in [0.25, 0.3) is 10.0 Å². The zero-order valence-electron chi connectivity index (χ0n) is 12.2. The molecule has 6 heteroatoms. The minimum atomic E-state index is -3.55. The van der Waals surface area contributed by atoms with E-state index in [4.69, 9.17) is 0 Å². The fraction of sp³-hybridized carbons (Fsp3) is 0.533. The molecule has 1 heterocycles. The Balaban J connectivity index is 1.60. The maximum absolute atomic E-state index is 12.1. The summed E-state index contributed by atoms with van der Waals surface area (Å²) >= 11 is 0. The topological polar surface area (TPSA) is 61.8 Å². The Labute approximate surface area is 126 Å². The molecule has 1 aliphatic carbocycles. The molecular formula is C15H21N3O2S. The summed E-state index contributed by atoms with van der Waals surface area (Å²) < 4.78 is 24.3. The van der Waals surface area contributed by atoms with E-state index in [2.05, 4.69) is 14.8 Å². The molecule has 2 aliphatic rings. The normalized spacial score (nSPS) is 20.3. The number of nitrogens with one attached hydrogen (secondary N) is 1. The van der Waals surface area contributed by atoms with E-state index in [-0.39, 0.29) is 4.90 Å². The molecule has 0 spiro atoms. The fourth-order valence-corrected chi connectivity index (χ4v) is 3.44. The Morgan fingerprint density at radius 1 is 1.14 bits per heavy atom. The molecule has 0 aromatic heterocycles. The highest BCUT2D eigenvalue weighted by atomic mass is 32.2. The molecule has 0 bridgehead atoms. The van der Waals surface area contributed by atoms with Gasteiger partial charge in [0.2, 0.25) is 0 Å². The number of benzene rings is 1. The number of hydrogen-bond donors (Lipinski definition) is 1. The first-order valence-corrected chi connectivity index (χ1v) is 8.91. The molecule has 0 atom stereocenters. The van der Waals surface area contributed by atoms with Crippen molar-refractivity contribution in [1.82, 2.24) is 9.73 Å². The molecule has 2 fully saturated rings. The second-order valence-electron chi connectivity index (χ2n) is 5.85. The van der Waals surface area contributed by atoms with Gasteiger partial charge in [-0.05, 0) is 31.9 Å². The van der Waals surface area contributed by atoms with Crippen LogP contribution >= 0.6 is 0 Å². The van der Waals surface area contributed by atoms with Crippen molar-refractivity contribution in [2.24, 2.45) is 5.10 Å². The van der Waals surface area contributed by atoms with Crippen LogP contribution in [0.2, 0.25) is 0 Å². The zero-order chi connectivity index (χ0) is 14.9. The van der Waals surface area contributed by atoms with Gasteiger partial charge in [-0.15, -0.1) is 0 Å². The van der Waals surface area contributed by atoms with Crippen molar-refractivity contribution >= 4 is 15.7 Å². The lowest BCUT2D eigenvalue weighted by molar-refractivity contribution is 0.264. The molecule has 1 aliphatic heterocycles. The van der Waals surface area contributed by atoms with Gasteiger partial charge in [-0.3, -0.25) is 4.90 Å². The third kappa shape index (κ3) is 3.63. The molecule has 1 saturated carbocycles. The van der Waals surface area contributed by atoms with E-state index in [9.17, 15) is 8.42 Å². The number of hydrogen-bond acceptors (Lipinski definition) is 4. The maximum atomic E-state index is 12.1. The molecule has 0 amide bonds. The number of nitrogens with zero attached hydrogens (tertiary/aromatic N) is 2. The first kappa shape index (κ1) is 14.5. The van der Waals surface area contributed by atoms with Crippen LogP contribution < -0.4 is 4.83 Å². The molecule has 0 radical (unpaired) electrons. The van der Waals surface area contributed by atoms with Crippen LogP contribution in [-0.4, -0.2) is 38.2 Å². The zero-order valence-corrected chi connectivity index (χ0v) is 13.1. The molecule has 21 heavy (non-hydrogen) atoms. The summed E-state index contributed by atoms with van der Waals surface area (Å²) in [5.74, 6) is 0. The highest BCUT2D eigenvalue weighted by Crippen LogP contribution is 2.28. The summed E-state index contributed by atoms with van der Waals surface area (Å²) in [7, 11) is -3.55. The Morgan fingerprint density at radius 2 is 1.76 bits per heavy atom. The van der Waals surface area contributed by atoms with Crippen LogP contribution in [-0.2, 0) is 10.0 Å². The van der Waals surface area contributed by atoms with Gasteiger partial charge in [0, 0.05) is 37.7 Å². The number of aryl methyl sites for hydroxylation is 1. The monoisotopic (exact) mass is 307 g/mol. The molecule has 1 aromatic carbocycles. The number of sulfonamides is 1. The molecule has 1 N–H and O–H groups in total.